The van der Waals surface area contributed by atoms with Crippen LogP contribution in [0.5, 0.6) is 0 Å². The van der Waals surface area contributed by atoms with Gasteiger partial charge in [-0.3, -0.25) is 14.6 Å². The van der Waals surface area contributed by atoms with Crippen LogP contribution >= 0.6 is 11.6 Å². The lowest BCUT2D eigenvalue weighted by atomic mass is 10.1. The third-order valence-corrected chi connectivity index (χ3v) is 4.53. The second-order valence-electron chi connectivity index (χ2n) is 5.03. The zero-order valence-electron chi connectivity index (χ0n) is 12.6. The van der Waals surface area contributed by atoms with Crippen LogP contribution in [-0.2, 0) is 16.3 Å². The standard InChI is InChI=1S/C14H14ClN3O5S/c1-24(22,23)11-6-9(15)3-2-8(11)4-5-16-13(20)10-7-12(19)18-14(21)17-10/h2-3,6-7H,4-5H2,1H3,(H,16,20)(H2,17,18,19,21). The summed E-state index contributed by atoms with van der Waals surface area (Å²) in [6.07, 6.45) is 1.31. The quantitative estimate of drug-likeness (QED) is 0.686. The van der Waals surface area contributed by atoms with Crippen LogP contribution in [0.15, 0.2) is 38.8 Å². The van der Waals surface area contributed by atoms with Crippen molar-refractivity contribution < 1.29 is 13.2 Å². The van der Waals surface area contributed by atoms with Gasteiger partial charge in [-0.15, -0.1) is 0 Å². The third-order valence-electron chi connectivity index (χ3n) is 3.11. The molecule has 0 radical (unpaired) electrons. The Balaban J connectivity index is 2.11. The fraction of sp³-hybridized carbons (Fsp3) is 0.214. The van der Waals surface area contributed by atoms with E-state index in [4.69, 9.17) is 11.6 Å². The molecule has 128 valence electrons. The van der Waals surface area contributed by atoms with Gasteiger partial charge in [0.05, 0.1) is 4.90 Å². The van der Waals surface area contributed by atoms with E-state index in [1.165, 1.54) is 6.07 Å². The highest BCUT2D eigenvalue weighted by Gasteiger charge is 2.14. The molecule has 0 bridgehead atoms. The highest BCUT2D eigenvalue weighted by atomic mass is 35.5. The average molecular weight is 372 g/mol. The Hall–Kier alpha value is -2.39. The number of rotatable bonds is 5. The Morgan fingerprint density at radius 2 is 1.92 bits per heavy atom. The summed E-state index contributed by atoms with van der Waals surface area (Å²) in [6.45, 7) is 0.109. The molecule has 0 saturated heterocycles. The zero-order valence-corrected chi connectivity index (χ0v) is 14.1. The van der Waals surface area contributed by atoms with Crippen LogP contribution in [0.3, 0.4) is 0 Å². The summed E-state index contributed by atoms with van der Waals surface area (Å²) >= 11 is 5.82. The fourth-order valence-electron chi connectivity index (χ4n) is 2.08. The Kier molecular flexibility index (Phi) is 5.25. The van der Waals surface area contributed by atoms with E-state index in [2.05, 4.69) is 10.3 Å². The van der Waals surface area contributed by atoms with Gasteiger partial charge >= 0.3 is 5.69 Å². The molecule has 1 heterocycles. The van der Waals surface area contributed by atoms with Crippen molar-refractivity contribution in [2.45, 2.75) is 11.3 Å². The largest absolute Gasteiger partial charge is 0.350 e. The lowest BCUT2D eigenvalue weighted by Crippen LogP contribution is -2.32. The molecule has 0 aliphatic rings. The number of sulfone groups is 1. The van der Waals surface area contributed by atoms with Crippen LogP contribution in [0, 0.1) is 0 Å². The molecule has 1 amide bonds. The smallest absolute Gasteiger partial charge is 0.326 e. The number of carbonyl (C=O) groups excluding carboxylic acids is 1. The lowest BCUT2D eigenvalue weighted by molar-refractivity contribution is 0.0948. The van der Waals surface area contributed by atoms with Crippen molar-refractivity contribution in [3.8, 4) is 0 Å². The molecule has 0 unspecified atom stereocenters. The predicted octanol–water partition coefficient (Wildman–Crippen LogP) is 0.0926. The summed E-state index contributed by atoms with van der Waals surface area (Å²) in [4.78, 5) is 38.4. The number of hydrogen-bond donors (Lipinski definition) is 3. The monoisotopic (exact) mass is 371 g/mol. The summed E-state index contributed by atoms with van der Waals surface area (Å²) in [5.41, 5.74) is -1.16. The maximum Gasteiger partial charge on any atom is 0.326 e. The number of H-pyrrole nitrogens is 2. The van der Waals surface area contributed by atoms with Gasteiger partial charge < -0.3 is 10.3 Å². The van der Waals surface area contributed by atoms with Crippen molar-refractivity contribution in [3.63, 3.8) is 0 Å². The van der Waals surface area contributed by atoms with Gasteiger partial charge in [0, 0.05) is 23.9 Å². The second-order valence-corrected chi connectivity index (χ2v) is 7.45. The van der Waals surface area contributed by atoms with Crippen molar-refractivity contribution >= 4 is 27.3 Å². The summed E-state index contributed by atoms with van der Waals surface area (Å²) in [7, 11) is -3.46. The highest BCUT2D eigenvalue weighted by Crippen LogP contribution is 2.21. The molecule has 0 atom stereocenters. The first-order valence-electron chi connectivity index (χ1n) is 6.77. The van der Waals surface area contributed by atoms with Crippen LogP contribution in [0.25, 0.3) is 0 Å². The van der Waals surface area contributed by atoms with Gasteiger partial charge in [-0.2, -0.15) is 0 Å². The number of halogens is 1. The molecule has 0 fully saturated rings. The van der Waals surface area contributed by atoms with E-state index in [1.54, 1.807) is 12.1 Å². The first-order valence-corrected chi connectivity index (χ1v) is 9.04. The van der Waals surface area contributed by atoms with Gasteiger partial charge in [0.25, 0.3) is 11.5 Å². The average Bonchev–Trinajstić information content (AvgIpc) is 2.46. The number of aromatic amines is 2. The second kappa shape index (κ2) is 7.02. The van der Waals surface area contributed by atoms with E-state index in [0.29, 0.717) is 10.6 Å². The SMILES string of the molecule is CS(=O)(=O)c1cc(Cl)ccc1CCNC(=O)c1cc(=O)[nH]c(=O)[nH]1. The van der Waals surface area contributed by atoms with Crippen molar-refractivity contribution in [3.05, 3.63) is 61.4 Å². The Bertz CT molecular complexity index is 966. The molecular weight excluding hydrogens is 358 g/mol. The fourth-order valence-corrected chi connectivity index (χ4v) is 3.30. The van der Waals surface area contributed by atoms with E-state index in [1.807, 2.05) is 4.98 Å². The highest BCUT2D eigenvalue weighted by molar-refractivity contribution is 7.90. The van der Waals surface area contributed by atoms with Gasteiger partial charge in [-0.1, -0.05) is 17.7 Å². The molecule has 24 heavy (non-hydrogen) atoms. The first-order chi connectivity index (χ1) is 11.2. The van der Waals surface area contributed by atoms with Crippen LogP contribution in [-0.4, -0.2) is 37.1 Å². The van der Waals surface area contributed by atoms with E-state index in [9.17, 15) is 22.8 Å². The van der Waals surface area contributed by atoms with Crippen LogP contribution in [0.1, 0.15) is 16.1 Å². The van der Waals surface area contributed by atoms with Crippen LogP contribution in [0.4, 0.5) is 0 Å². The van der Waals surface area contributed by atoms with E-state index < -0.39 is 27.0 Å². The lowest BCUT2D eigenvalue weighted by Gasteiger charge is -2.09. The van der Waals surface area contributed by atoms with E-state index in [0.717, 1.165) is 12.3 Å². The summed E-state index contributed by atoms with van der Waals surface area (Å²) in [6, 6.07) is 5.44. The number of hydrogen-bond acceptors (Lipinski definition) is 5. The summed E-state index contributed by atoms with van der Waals surface area (Å²) in [5, 5.41) is 2.80. The first kappa shape index (κ1) is 18.0. The van der Waals surface area contributed by atoms with Gasteiger partial charge in [-0.25, -0.2) is 13.2 Å². The van der Waals surface area contributed by atoms with E-state index in [-0.39, 0.29) is 23.6 Å². The van der Waals surface area contributed by atoms with Gasteiger partial charge in [0.1, 0.15) is 5.69 Å². The maximum atomic E-state index is 11.9. The minimum atomic E-state index is -3.46. The molecule has 1 aromatic heterocycles. The molecule has 0 spiro atoms. The number of nitrogens with one attached hydrogen (secondary N) is 3. The van der Waals surface area contributed by atoms with Crippen LogP contribution < -0.4 is 16.6 Å². The third kappa shape index (κ3) is 4.56. The summed E-state index contributed by atoms with van der Waals surface area (Å²) in [5.74, 6) is -0.645. The molecule has 2 aromatic rings. The topological polar surface area (TPSA) is 129 Å². The van der Waals surface area contributed by atoms with Crippen molar-refractivity contribution in [1.29, 1.82) is 0 Å². The Morgan fingerprint density at radius 3 is 2.54 bits per heavy atom. The number of carbonyl (C=O) groups is 1. The maximum absolute atomic E-state index is 11.9. The molecule has 0 aliphatic carbocycles. The van der Waals surface area contributed by atoms with E-state index >= 15 is 0 Å². The molecule has 0 aliphatic heterocycles. The molecule has 10 heteroatoms. The van der Waals surface area contributed by atoms with Crippen molar-refractivity contribution in [2.24, 2.45) is 0 Å². The van der Waals surface area contributed by atoms with Crippen LogP contribution in [0.2, 0.25) is 5.02 Å². The van der Waals surface area contributed by atoms with Gasteiger partial charge in [-0.05, 0) is 24.1 Å². The van der Waals surface area contributed by atoms with Crippen molar-refractivity contribution in [1.82, 2.24) is 15.3 Å². The molecule has 2 rings (SSSR count). The zero-order chi connectivity index (χ0) is 17.9. The predicted molar refractivity (Wildman–Crippen MR) is 88.3 cm³/mol. The molecular formula is C14H14ClN3O5S. The molecule has 3 N–H and O–H groups in total. The summed E-state index contributed by atoms with van der Waals surface area (Å²) < 4.78 is 23.6. The van der Waals surface area contributed by atoms with Crippen molar-refractivity contribution in [2.75, 3.05) is 12.8 Å². The van der Waals surface area contributed by atoms with Gasteiger partial charge in [0.15, 0.2) is 9.84 Å². The minimum Gasteiger partial charge on any atom is -0.350 e. The number of amides is 1. The minimum absolute atomic E-state index is 0.0915. The Labute approximate surface area is 141 Å². The normalized spacial score (nSPS) is 11.2. The Morgan fingerprint density at radius 1 is 1.21 bits per heavy atom. The number of aromatic nitrogens is 2. The molecule has 0 saturated carbocycles. The number of benzene rings is 1. The van der Waals surface area contributed by atoms with Gasteiger partial charge in [0.2, 0.25) is 0 Å². The molecule has 8 nitrogen and oxygen atoms in total. The molecule has 1 aromatic carbocycles.